The molecule has 1 fully saturated rings. The van der Waals surface area contributed by atoms with Gasteiger partial charge < -0.3 is 9.16 Å². The van der Waals surface area contributed by atoms with E-state index in [-0.39, 0.29) is 23.4 Å². The van der Waals surface area contributed by atoms with Gasteiger partial charge in [-0.2, -0.15) is 0 Å². The van der Waals surface area contributed by atoms with E-state index in [9.17, 15) is 0 Å². The van der Waals surface area contributed by atoms with Crippen molar-refractivity contribution < 1.29 is 9.16 Å². The topological polar surface area (TPSA) is 111 Å². The zero-order valence-corrected chi connectivity index (χ0v) is 17.9. The van der Waals surface area contributed by atoms with Crippen LogP contribution in [0.3, 0.4) is 0 Å². The van der Waals surface area contributed by atoms with Gasteiger partial charge in [0.25, 0.3) is 0 Å². The fourth-order valence-corrected chi connectivity index (χ4v) is 3.96. The van der Waals surface area contributed by atoms with Gasteiger partial charge >= 0.3 is 0 Å². The number of rotatable bonds is 5. The van der Waals surface area contributed by atoms with E-state index in [0.29, 0.717) is 29.3 Å². The number of aromatic nitrogens is 4. The molecule has 0 unspecified atom stereocenters. The summed E-state index contributed by atoms with van der Waals surface area (Å²) in [5, 5.41) is 4.31. The molecule has 0 aromatic carbocycles. The summed E-state index contributed by atoms with van der Waals surface area (Å²) < 4.78 is 14.3. The molecule has 3 heterocycles. The Morgan fingerprint density at radius 3 is 2.81 bits per heavy atom. The summed E-state index contributed by atoms with van der Waals surface area (Å²) in [6, 6.07) is -0.320. The molecule has 0 spiro atoms. The molecule has 0 radical (unpaired) electrons. The molecule has 1 aliphatic rings. The molecular weight excluding hydrogens is 386 g/mol. The summed E-state index contributed by atoms with van der Waals surface area (Å²) in [6.07, 6.45) is 2.85. The van der Waals surface area contributed by atoms with Crippen molar-refractivity contribution in [3.8, 4) is 0 Å². The number of fused-ring (bicyclic) bond motifs is 1. The number of halogens is 1. The maximum atomic E-state index is 8.94. The third-order valence-corrected chi connectivity index (χ3v) is 10.2. The molecular formula is C16H24ClN7O2Si. The predicted octanol–water partition coefficient (Wildman–Crippen LogP) is 4.47. The second-order valence-corrected chi connectivity index (χ2v) is 13.4. The normalized spacial score (nSPS) is 23.6. The van der Waals surface area contributed by atoms with Gasteiger partial charge in [0.15, 0.2) is 19.1 Å². The predicted molar refractivity (Wildman–Crippen MR) is 105 cm³/mol. The Hall–Kier alpha value is -1.71. The average molecular weight is 410 g/mol. The van der Waals surface area contributed by atoms with Gasteiger partial charge in [0.2, 0.25) is 0 Å². The highest BCUT2D eigenvalue weighted by Gasteiger charge is 2.41. The maximum Gasteiger partial charge on any atom is 0.192 e. The van der Waals surface area contributed by atoms with E-state index in [0.717, 1.165) is 0 Å². The van der Waals surface area contributed by atoms with Gasteiger partial charge in [-0.25, -0.2) is 15.0 Å². The molecule has 146 valence electrons. The molecule has 3 rings (SSSR count). The highest BCUT2D eigenvalue weighted by Crippen LogP contribution is 2.38. The van der Waals surface area contributed by atoms with E-state index in [1.54, 1.807) is 10.9 Å². The van der Waals surface area contributed by atoms with Crippen molar-refractivity contribution in [3.63, 3.8) is 0 Å². The summed E-state index contributed by atoms with van der Waals surface area (Å²) >= 11 is 6.08. The third kappa shape index (κ3) is 3.95. The van der Waals surface area contributed by atoms with Crippen molar-refractivity contribution in [3.05, 3.63) is 28.3 Å². The zero-order chi connectivity index (χ0) is 19.8. The molecule has 0 bridgehead atoms. The Labute approximate surface area is 163 Å². The molecule has 0 N–H and O–H groups in total. The van der Waals surface area contributed by atoms with Crippen LogP contribution >= 0.6 is 11.6 Å². The average Bonchev–Trinajstić information content (AvgIpc) is 3.17. The summed E-state index contributed by atoms with van der Waals surface area (Å²) in [5.41, 5.74) is 10.0. The number of azide groups is 1. The maximum absolute atomic E-state index is 8.94. The van der Waals surface area contributed by atoms with Crippen molar-refractivity contribution >= 4 is 31.1 Å². The van der Waals surface area contributed by atoms with E-state index >= 15 is 0 Å². The zero-order valence-electron chi connectivity index (χ0n) is 16.1. The number of ether oxygens (including phenoxy) is 1. The minimum Gasteiger partial charge on any atom is -0.414 e. The van der Waals surface area contributed by atoms with Crippen LogP contribution in [0.2, 0.25) is 23.3 Å². The lowest BCUT2D eigenvalue weighted by molar-refractivity contribution is -0.0207. The largest absolute Gasteiger partial charge is 0.414 e. The fraction of sp³-hybridized carbons (Fsp3) is 0.688. The number of nitrogens with zero attached hydrogens (tertiary/aromatic N) is 7. The van der Waals surface area contributed by atoms with E-state index < -0.39 is 8.32 Å². The van der Waals surface area contributed by atoms with Crippen LogP contribution in [-0.4, -0.2) is 46.6 Å². The molecule has 11 heteroatoms. The van der Waals surface area contributed by atoms with Crippen LogP contribution in [0.1, 0.15) is 33.4 Å². The van der Waals surface area contributed by atoms with Crippen LogP contribution in [0.15, 0.2) is 17.8 Å². The first-order valence-electron chi connectivity index (χ1n) is 8.80. The molecule has 2 aromatic rings. The second kappa shape index (κ2) is 7.37. The molecule has 0 saturated carbocycles. The number of imidazole rings is 1. The molecule has 2 aromatic heterocycles. The van der Waals surface area contributed by atoms with Gasteiger partial charge in [0.05, 0.1) is 25.1 Å². The first-order valence-corrected chi connectivity index (χ1v) is 12.1. The fourth-order valence-electron chi connectivity index (χ4n) is 2.76. The van der Waals surface area contributed by atoms with Crippen LogP contribution in [0, 0.1) is 0 Å². The van der Waals surface area contributed by atoms with Gasteiger partial charge in [-0.1, -0.05) is 37.5 Å². The Kier molecular flexibility index (Phi) is 5.46. The minimum absolute atomic E-state index is 0.0905. The standard InChI is InChI=1S/C16H24ClN7O2Si/c1-16(2,3)27(4,5)25-7-11-10(22-23-18)6-12(26-11)24-9-21-13-14(17)19-8-20-15(13)24/h8-12H,6-7H2,1-5H3/t10-,11+,12+/m1/s1. The highest BCUT2D eigenvalue weighted by molar-refractivity contribution is 6.74. The Bertz CT molecular complexity index is 875. The minimum atomic E-state index is -1.94. The lowest BCUT2D eigenvalue weighted by Crippen LogP contribution is -2.43. The molecule has 3 atom stereocenters. The summed E-state index contributed by atoms with van der Waals surface area (Å²) in [4.78, 5) is 15.5. The van der Waals surface area contributed by atoms with Crippen molar-refractivity contribution in [1.82, 2.24) is 19.5 Å². The Morgan fingerprint density at radius 2 is 2.15 bits per heavy atom. The molecule has 1 aliphatic heterocycles. The first-order chi connectivity index (χ1) is 12.6. The molecule has 9 nitrogen and oxygen atoms in total. The summed E-state index contributed by atoms with van der Waals surface area (Å²) in [5.74, 6) is 0. The lowest BCUT2D eigenvalue weighted by atomic mass is 10.1. The number of hydrogen-bond donors (Lipinski definition) is 0. The first kappa shape index (κ1) is 20.0. The van der Waals surface area contributed by atoms with E-state index in [2.05, 4.69) is 58.8 Å². The van der Waals surface area contributed by atoms with Gasteiger partial charge in [-0.15, -0.1) is 0 Å². The van der Waals surface area contributed by atoms with Crippen molar-refractivity contribution in [1.29, 1.82) is 0 Å². The van der Waals surface area contributed by atoms with Crippen molar-refractivity contribution in [2.24, 2.45) is 5.11 Å². The monoisotopic (exact) mass is 409 g/mol. The van der Waals surface area contributed by atoms with Crippen molar-refractivity contribution in [2.75, 3.05) is 6.61 Å². The second-order valence-electron chi connectivity index (χ2n) is 8.20. The quantitative estimate of drug-likeness (QED) is 0.238. The highest BCUT2D eigenvalue weighted by atomic mass is 35.5. The summed E-state index contributed by atoms with van der Waals surface area (Å²) in [7, 11) is -1.94. The van der Waals surface area contributed by atoms with Crippen LogP contribution in [0.5, 0.6) is 0 Å². The number of hydrogen-bond acceptors (Lipinski definition) is 6. The SMILES string of the molecule is CC(C)(C)[Si](C)(C)OC[C@@H]1O[C@H](n2cnc3c(Cl)ncnc32)C[C@H]1N=[N+]=[N-]. The van der Waals surface area contributed by atoms with Crippen LogP contribution in [0.4, 0.5) is 0 Å². The van der Waals surface area contributed by atoms with E-state index in [1.807, 2.05) is 0 Å². The summed E-state index contributed by atoms with van der Waals surface area (Å²) in [6.45, 7) is 11.3. The molecule has 27 heavy (non-hydrogen) atoms. The Balaban J connectivity index is 1.80. The Morgan fingerprint density at radius 1 is 1.41 bits per heavy atom. The van der Waals surface area contributed by atoms with E-state index in [4.69, 9.17) is 26.3 Å². The van der Waals surface area contributed by atoms with Gasteiger partial charge in [-0.3, -0.25) is 4.57 Å². The van der Waals surface area contributed by atoms with Gasteiger partial charge in [-0.05, 0) is 23.7 Å². The van der Waals surface area contributed by atoms with Crippen LogP contribution in [-0.2, 0) is 9.16 Å². The molecule has 1 saturated heterocycles. The third-order valence-electron chi connectivity index (χ3n) is 5.44. The van der Waals surface area contributed by atoms with Crippen LogP contribution < -0.4 is 0 Å². The molecule has 0 amide bonds. The molecule has 0 aliphatic carbocycles. The lowest BCUT2D eigenvalue weighted by Gasteiger charge is -2.37. The van der Waals surface area contributed by atoms with Gasteiger partial charge in [0.1, 0.15) is 18.1 Å². The van der Waals surface area contributed by atoms with E-state index in [1.165, 1.54) is 6.33 Å². The van der Waals surface area contributed by atoms with Crippen LogP contribution in [0.25, 0.3) is 21.6 Å². The van der Waals surface area contributed by atoms with Crippen molar-refractivity contribution in [2.45, 2.75) is 63.7 Å². The smallest absolute Gasteiger partial charge is 0.192 e. The van der Waals surface area contributed by atoms with Gasteiger partial charge in [0, 0.05) is 11.3 Å².